The number of amides is 1. The number of methoxy groups -OCH3 is 1. The molecule has 0 radical (unpaired) electrons. The van der Waals surface area contributed by atoms with Crippen LogP contribution < -0.4 is 11.1 Å². The molecule has 0 bridgehead atoms. The maximum atomic E-state index is 13.0. The topological polar surface area (TPSA) is 90.6 Å². The van der Waals surface area contributed by atoms with Gasteiger partial charge in [-0.05, 0) is 61.7 Å². The molecule has 1 amide bonds. The molecular formula is C22H25F3N2O4. The molecule has 0 aromatic heterocycles. The van der Waals surface area contributed by atoms with E-state index in [4.69, 9.17) is 15.2 Å². The van der Waals surface area contributed by atoms with Crippen molar-refractivity contribution in [3.05, 3.63) is 64.2 Å². The van der Waals surface area contributed by atoms with E-state index in [2.05, 4.69) is 5.32 Å². The number of anilines is 1. The number of benzene rings is 2. The van der Waals surface area contributed by atoms with Crippen molar-refractivity contribution in [1.82, 2.24) is 5.32 Å². The van der Waals surface area contributed by atoms with Gasteiger partial charge in [0, 0.05) is 18.7 Å². The number of esters is 1. The molecule has 0 aliphatic carbocycles. The maximum absolute atomic E-state index is 13.0. The summed E-state index contributed by atoms with van der Waals surface area (Å²) in [6.45, 7) is 5.29. The molecule has 31 heavy (non-hydrogen) atoms. The molecule has 0 aliphatic heterocycles. The molecule has 0 unspecified atom stereocenters. The summed E-state index contributed by atoms with van der Waals surface area (Å²) in [5.41, 5.74) is 5.99. The van der Waals surface area contributed by atoms with E-state index in [1.54, 1.807) is 32.9 Å². The number of hydrogen-bond donors (Lipinski definition) is 2. The van der Waals surface area contributed by atoms with Crippen molar-refractivity contribution in [2.45, 2.75) is 45.5 Å². The van der Waals surface area contributed by atoms with Crippen molar-refractivity contribution in [3.8, 4) is 0 Å². The SMILES string of the molecule is COC(=O)c1cc(CNC(=O)OC(C)(C)C)ccc1Cc1cc(C(F)(F)F)ccc1N. The molecule has 168 valence electrons. The van der Waals surface area contributed by atoms with Crippen molar-refractivity contribution in [2.75, 3.05) is 12.8 Å². The summed E-state index contributed by atoms with van der Waals surface area (Å²) in [5.74, 6) is -0.653. The lowest BCUT2D eigenvalue weighted by Crippen LogP contribution is -2.32. The Labute approximate surface area is 178 Å². The Morgan fingerprint density at radius 1 is 1.03 bits per heavy atom. The lowest BCUT2D eigenvalue weighted by atomic mass is 9.95. The third-order valence-electron chi connectivity index (χ3n) is 4.27. The highest BCUT2D eigenvalue weighted by molar-refractivity contribution is 5.91. The molecule has 2 aromatic carbocycles. The van der Waals surface area contributed by atoms with Crippen LogP contribution in [0.25, 0.3) is 0 Å². The van der Waals surface area contributed by atoms with Crippen LogP contribution in [0.15, 0.2) is 36.4 Å². The minimum absolute atomic E-state index is 0.0000387. The zero-order valence-corrected chi connectivity index (χ0v) is 17.7. The molecule has 0 fully saturated rings. The third kappa shape index (κ3) is 6.91. The molecule has 0 atom stereocenters. The van der Waals surface area contributed by atoms with Gasteiger partial charge in [-0.1, -0.05) is 12.1 Å². The number of ether oxygens (including phenoxy) is 2. The Hall–Kier alpha value is -3.23. The van der Waals surface area contributed by atoms with Crippen LogP contribution in [0.3, 0.4) is 0 Å². The molecule has 0 aliphatic rings. The summed E-state index contributed by atoms with van der Waals surface area (Å²) in [5, 5.41) is 2.58. The van der Waals surface area contributed by atoms with Gasteiger partial charge in [0.1, 0.15) is 5.60 Å². The van der Waals surface area contributed by atoms with Crippen LogP contribution in [0.5, 0.6) is 0 Å². The fourth-order valence-corrected chi connectivity index (χ4v) is 2.82. The van der Waals surface area contributed by atoms with Crippen molar-refractivity contribution < 1.29 is 32.2 Å². The van der Waals surface area contributed by atoms with Gasteiger partial charge in [0.2, 0.25) is 0 Å². The number of nitrogens with one attached hydrogen (secondary N) is 1. The normalized spacial score (nSPS) is 11.7. The number of rotatable bonds is 5. The first-order valence-corrected chi connectivity index (χ1v) is 9.42. The first kappa shape index (κ1) is 24.0. The number of carbonyl (C=O) groups excluding carboxylic acids is 2. The van der Waals surface area contributed by atoms with Gasteiger partial charge in [-0.15, -0.1) is 0 Å². The predicted molar refractivity (Wildman–Crippen MR) is 110 cm³/mol. The number of hydrogen-bond acceptors (Lipinski definition) is 5. The van der Waals surface area contributed by atoms with Crippen LogP contribution in [-0.2, 0) is 28.6 Å². The number of carbonyl (C=O) groups is 2. The van der Waals surface area contributed by atoms with E-state index in [-0.39, 0.29) is 29.8 Å². The standard InChI is InChI=1S/C22H25F3N2O4/c1-21(2,3)31-20(29)27-12-13-5-6-14(17(9-13)19(28)30-4)10-15-11-16(22(23,24)25)7-8-18(15)26/h5-9,11H,10,12,26H2,1-4H3,(H,27,29). The van der Waals surface area contributed by atoms with Gasteiger partial charge in [-0.25, -0.2) is 9.59 Å². The molecule has 0 spiro atoms. The van der Waals surface area contributed by atoms with Crippen molar-refractivity contribution in [1.29, 1.82) is 0 Å². The molecule has 2 aromatic rings. The number of alkyl halides is 3. The number of nitrogen functional groups attached to an aromatic ring is 1. The Balaban J connectivity index is 2.29. The molecule has 2 rings (SSSR count). The third-order valence-corrected chi connectivity index (χ3v) is 4.27. The summed E-state index contributed by atoms with van der Waals surface area (Å²) >= 11 is 0. The van der Waals surface area contributed by atoms with E-state index in [1.165, 1.54) is 19.2 Å². The summed E-state index contributed by atoms with van der Waals surface area (Å²) in [4.78, 5) is 24.1. The Morgan fingerprint density at radius 2 is 1.71 bits per heavy atom. The molecular weight excluding hydrogens is 413 g/mol. The molecule has 3 N–H and O–H groups in total. The van der Waals surface area contributed by atoms with Crippen molar-refractivity contribution in [2.24, 2.45) is 0 Å². The lowest BCUT2D eigenvalue weighted by molar-refractivity contribution is -0.137. The zero-order chi connectivity index (χ0) is 23.4. The molecule has 0 saturated carbocycles. The van der Waals surface area contributed by atoms with Crippen LogP contribution in [-0.4, -0.2) is 24.8 Å². The second kappa shape index (κ2) is 9.28. The van der Waals surface area contributed by atoms with Crippen LogP contribution in [0.2, 0.25) is 0 Å². The van der Waals surface area contributed by atoms with Gasteiger partial charge < -0.3 is 20.5 Å². The summed E-state index contributed by atoms with van der Waals surface area (Å²) in [6.07, 6.45) is -5.13. The minimum Gasteiger partial charge on any atom is -0.465 e. The van der Waals surface area contributed by atoms with Gasteiger partial charge in [-0.2, -0.15) is 13.2 Å². The van der Waals surface area contributed by atoms with Crippen LogP contribution in [0, 0.1) is 0 Å². The van der Waals surface area contributed by atoms with Gasteiger partial charge in [0.05, 0.1) is 18.2 Å². The van der Waals surface area contributed by atoms with Crippen molar-refractivity contribution >= 4 is 17.7 Å². The van der Waals surface area contributed by atoms with Crippen LogP contribution in [0.4, 0.5) is 23.7 Å². The van der Waals surface area contributed by atoms with Gasteiger partial charge in [0.25, 0.3) is 0 Å². The molecule has 0 saturated heterocycles. The average molecular weight is 438 g/mol. The fraction of sp³-hybridized carbons (Fsp3) is 0.364. The molecule has 9 heteroatoms. The number of nitrogens with two attached hydrogens (primary N) is 1. The van der Waals surface area contributed by atoms with E-state index in [1.807, 2.05) is 0 Å². The highest BCUT2D eigenvalue weighted by Crippen LogP contribution is 2.32. The first-order valence-electron chi connectivity index (χ1n) is 9.42. The maximum Gasteiger partial charge on any atom is 0.416 e. The monoisotopic (exact) mass is 438 g/mol. The van der Waals surface area contributed by atoms with E-state index in [9.17, 15) is 22.8 Å². The van der Waals surface area contributed by atoms with E-state index >= 15 is 0 Å². The summed E-state index contributed by atoms with van der Waals surface area (Å²) in [6, 6.07) is 7.83. The second-order valence-electron chi connectivity index (χ2n) is 7.93. The summed E-state index contributed by atoms with van der Waals surface area (Å²) < 4.78 is 49.1. The van der Waals surface area contributed by atoms with E-state index in [0.717, 1.165) is 12.1 Å². The van der Waals surface area contributed by atoms with Crippen LogP contribution in [0.1, 0.15) is 53.4 Å². The van der Waals surface area contributed by atoms with E-state index < -0.39 is 29.4 Å². The fourth-order valence-electron chi connectivity index (χ4n) is 2.82. The predicted octanol–water partition coefficient (Wildman–Crippen LogP) is 4.69. The second-order valence-corrected chi connectivity index (χ2v) is 7.93. The van der Waals surface area contributed by atoms with E-state index in [0.29, 0.717) is 11.1 Å². The first-order chi connectivity index (χ1) is 14.3. The highest BCUT2D eigenvalue weighted by Gasteiger charge is 2.31. The number of alkyl carbamates (subject to hydrolysis) is 1. The quantitative estimate of drug-likeness (QED) is 0.522. The van der Waals surface area contributed by atoms with Crippen LogP contribution >= 0.6 is 0 Å². The number of halogens is 3. The Bertz CT molecular complexity index is 966. The average Bonchev–Trinajstić information content (AvgIpc) is 2.66. The van der Waals surface area contributed by atoms with Crippen molar-refractivity contribution in [3.63, 3.8) is 0 Å². The lowest BCUT2D eigenvalue weighted by Gasteiger charge is -2.20. The van der Waals surface area contributed by atoms with Gasteiger partial charge >= 0.3 is 18.2 Å². The Kier molecular flexibility index (Phi) is 7.20. The van der Waals surface area contributed by atoms with Gasteiger partial charge in [0.15, 0.2) is 0 Å². The smallest absolute Gasteiger partial charge is 0.416 e. The Morgan fingerprint density at radius 3 is 2.29 bits per heavy atom. The summed E-state index contributed by atoms with van der Waals surface area (Å²) in [7, 11) is 1.20. The highest BCUT2D eigenvalue weighted by atomic mass is 19.4. The largest absolute Gasteiger partial charge is 0.465 e. The molecule has 6 nitrogen and oxygen atoms in total. The molecule has 0 heterocycles. The zero-order valence-electron chi connectivity index (χ0n) is 17.7. The van der Waals surface area contributed by atoms with Gasteiger partial charge in [-0.3, -0.25) is 0 Å². The minimum atomic E-state index is -4.51.